The molecule has 10 heteroatoms. The first-order valence-corrected chi connectivity index (χ1v) is 13.2. The molecule has 1 aliphatic rings. The number of anilines is 2. The van der Waals surface area contributed by atoms with Crippen LogP contribution in [0.15, 0.2) is 77.7 Å². The summed E-state index contributed by atoms with van der Waals surface area (Å²) in [6, 6.07) is 20.1. The van der Waals surface area contributed by atoms with Crippen molar-refractivity contribution in [2.75, 3.05) is 42.1 Å². The second kappa shape index (κ2) is 11.3. The van der Waals surface area contributed by atoms with Gasteiger partial charge >= 0.3 is 0 Å². The minimum absolute atomic E-state index is 0.0216. The quantitative estimate of drug-likeness (QED) is 0.465. The predicted octanol–water partition coefficient (Wildman–Crippen LogP) is 4.34. The molecule has 1 N–H and O–H groups in total. The smallest absolute Gasteiger partial charge is 0.264 e. The van der Waals surface area contributed by atoms with Crippen LogP contribution in [-0.4, -0.2) is 47.2 Å². The first kappa shape index (κ1) is 25.3. The van der Waals surface area contributed by atoms with Crippen LogP contribution in [0.1, 0.15) is 5.56 Å². The van der Waals surface area contributed by atoms with Gasteiger partial charge in [-0.25, -0.2) is 8.42 Å². The van der Waals surface area contributed by atoms with Gasteiger partial charge in [0.05, 0.1) is 23.8 Å². The topological polar surface area (TPSA) is 79.0 Å². The summed E-state index contributed by atoms with van der Waals surface area (Å²) >= 11 is 12.0. The Morgan fingerprint density at radius 1 is 0.943 bits per heavy atom. The molecule has 1 aliphatic heterocycles. The van der Waals surface area contributed by atoms with Crippen molar-refractivity contribution in [3.8, 4) is 0 Å². The first-order valence-electron chi connectivity index (χ1n) is 11.1. The van der Waals surface area contributed by atoms with Crippen molar-refractivity contribution in [3.05, 3.63) is 88.4 Å². The highest BCUT2D eigenvalue weighted by Crippen LogP contribution is 2.27. The molecule has 0 aliphatic carbocycles. The Hall–Kier alpha value is -2.78. The lowest BCUT2D eigenvalue weighted by Gasteiger charge is -2.29. The molecule has 7 nitrogen and oxygen atoms in total. The van der Waals surface area contributed by atoms with Crippen molar-refractivity contribution >= 4 is 50.5 Å². The van der Waals surface area contributed by atoms with Crippen LogP contribution >= 0.6 is 23.2 Å². The number of hydrogen-bond acceptors (Lipinski definition) is 5. The van der Waals surface area contributed by atoms with Crippen LogP contribution in [0, 0.1) is 0 Å². The number of hydrogen-bond donors (Lipinski definition) is 1. The minimum Gasteiger partial charge on any atom is -0.378 e. The van der Waals surface area contributed by atoms with Crippen molar-refractivity contribution in [3.63, 3.8) is 0 Å². The van der Waals surface area contributed by atoms with Gasteiger partial charge in [0.25, 0.3) is 10.0 Å². The Morgan fingerprint density at radius 2 is 1.63 bits per heavy atom. The van der Waals surface area contributed by atoms with E-state index >= 15 is 0 Å². The van der Waals surface area contributed by atoms with Gasteiger partial charge in [0.2, 0.25) is 5.91 Å². The van der Waals surface area contributed by atoms with Gasteiger partial charge in [0.15, 0.2) is 0 Å². The SMILES string of the molecule is O=C(CN(c1cccc(Cl)c1)S(=O)(=O)c1ccc(Cl)cc1)NCc1ccc(N2CCOCC2)cc1. The molecule has 0 bridgehead atoms. The standard InChI is InChI=1S/C25H25Cl2N3O4S/c26-20-6-10-24(11-7-20)35(32,33)30(23-3-1-2-21(27)16-23)18-25(31)28-17-19-4-8-22(9-5-19)29-12-14-34-15-13-29/h1-11,16H,12-15,17-18H2,(H,28,31). The van der Waals surface area contributed by atoms with Gasteiger partial charge < -0.3 is 15.0 Å². The summed E-state index contributed by atoms with van der Waals surface area (Å²) in [6.07, 6.45) is 0. The van der Waals surface area contributed by atoms with E-state index in [1.165, 1.54) is 30.3 Å². The van der Waals surface area contributed by atoms with Gasteiger partial charge in [-0.2, -0.15) is 0 Å². The van der Waals surface area contributed by atoms with Gasteiger partial charge in [0.1, 0.15) is 6.54 Å². The van der Waals surface area contributed by atoms with Crippen LogP contribution in [0.25, 0.3) is 0 Å². The van der Waals surface area contributed by atoms with E-state index in [0.29, 0.717) is 23.3 Å². The van der Waals surface area contributed by atoms with E-state index in [1.54, 1.807) is 18.2 Å². The van der Waals surface area contributed by atoms with E-state index < -0.39 is 22.5 Å². The van der Waals surface area contributed by atoms with Crippen LogP contribution in [-0.2, 0) is 26.1 Å². The summed E-state index contributed by atoms with van der Waals surface area (Å²) in [5.74, 6) is -0.445. The predicted molar refractivity (Wildman–Crippen MR) is 139 cm³/mol. The first-order chi connectivity index (χ1) is 16.8. The number of nitrogens with one attached hydrogen (secondary N) is 1. The monoisotopic (exact) mass is 533 g/mol. The Kier molecular flexibility index (Phi) is 8.18. The summed E-state index contributed by atoms with van der Waals surface area (Å²) in [7, 11) is -4.04. The van der Waals surface area contributed by atoms with E-state index in [2.05, 4.69) is 10.2 Å². The maximum absolute atomic E-state index is 13.4. The zero-order valence-electron chi connectivity index (χ0n) is 18.9. The number of carbonyl (C=O) groups is 1. The van der Waals surface area contributed by atoms with Crippen LogP contribution in [0.3, 0.4) is 0 Å². The summed E-state index contributed by atoms with van der Waals surface area (Å²) in [4.78, 5) is 15.1. The molecule has 1 heterocycles. The number of rotatable bonds is 8. The Morgan fingerprint density at radius 3 is 2.29 bits per heavy atom. The lowest BCUT2D eigenvalue weighted by molar-refractivity contribution is -0.119. The number of halogens is 2. The zero-order valence-corrected chi connectivity index (χ0v) is 21.2. The van der Waals surface area contributed by atoms with E-state index in [4.69, 9.17) is 27.9 Å². The van der Waals surface area contributed by atoms with Crippen LogP contribution < -0.4 is 14.5 Å². The molecule has 1 fully saturated rings. The number of nitrogens with zero attached hydrogens (tertiary/aromatic N) is 2. The van der Waals surface area contributed by atoms with Gasteiger partial charge in [-0.05, 0) is 60.2 Å². The van der Waals surface area contributed by atoms with E-state index in [9.17, 15) is 13.2 Å². The zero-order chi connectivity index (χ0) is 24.8. The fraction of sp³-hybridized carbons (Fsp3) is 0.240. The third-order valence-electron chi connectivity index (χ3n) is 5.59. The fourth-order valence-electron chi connectivity index (χ4n) is 3.71. The Labute approximate surface area is 215 Å². The number of carbonyl (C=O) groups excluding carboxylic acids is 1. The molecule has 0 unspecified atom stereocenters. The Balaban J connectivity index is 1.47. The molecule has 184 valence electrons. The number of sulfonamides is 1. The van der Waals surface area contributed by atoms with Gasteiger partial charge in [-0.3, -0.25) is 9.10 Å². The highest BCUT2D eigenvalue weighted by molar-refractivity contribution is 7.92. The second-order valence-corrected chi connectivity index (χ2v) is 10.7. The summed E-state index contributed by atoms with van der Waals surface area (Å²) in [5, 5.41) is 3.59. The third-order valence-corrected chi connectivity index (χ3v) is 7.86. The molecule has 1 saturated heterocycles. The van der Waals surface area contributed by atoms with Gasteiger partial charge in [-0.1, -0.05) is 41.4 Å². The van der Waals surface area contributed by atoms with E-state index in [0.717, 1.165) is 28.6 Å². The van der Waals surface area contributed by atoms with Crippen molar-refractivity contribution in [2.24, 2.45) is 0 Å². The number of ether oxygens (including phenoxy) is 1. The van der Waals surface area contributed by atoms with Crippen molar-refractivity contribution in [1.29, 1.82) is 0 Å². The molecule has 3 aromatic rings. The van der Waals surface area contributed by atoms with E-state index in [1.807, 2.05) is 24.3 Å². The maximum atomic E-state index is 13.4. The van der Waals surface area contributed by atoms with Crippen molar-refractivity contribution in [1.82, 2.24) is 5.32 Å². The average molecular weight is 534 g/mol. The number of benzene rings is 3. The molecule has 35 heavy (non-hydrogen) atoms. The molecule has 0 saturated carbocycles. The summed E-state index contributed by atoms with van der Waals surface area (Å²) in [5.41, 5.74) is 2.30. The van der Waals surface area contributed by atoms with Crippen LogP contribution in [0.4, 0.5) is 11.4 Å². The molecule has 1 amide bonds. The van der Waals surface area contributed by atoms with Crippen molar-refractivity contribution in [2.45, 2.75) is 11.4 Å². The van der Waals surface area contributed by atoms with E-state index in [-0.39, 0.29) is 17.1 Å². The van der Waals surface area contributed by atoms with Gasteiger partial charge in [-0.15, -0.1) is 0 Å². The lowest BCUT2D eigenvalue weighted by Crippen LogP contribution is -2.40. The number of morpholine rings is 1. The molecule has 0 atom stereocenters. The summed E-state index contributed by atoms with van der Waals surface area (Å²) < 4.78 is 33.2. The number of amides is 1. The summed E-state index contributed by atoms with van der Waals surface area (Å²) in [6.45, 7) is 2.97. The molecule has 0 radical (unpaired) electrons. The van der Waals surface area contributed by atoms with Crippen LogP contribution in [0.5, 0.6) is 0 Å². The van der Waals surface area contributed by atoms with Gasteiger partial charge in [0, 0.05) is 35.4 Å². The highest BCUT2D eigenvalue weighted by Gasteiger charge is 2.27. The minimum atomic E-state index is -4.04. The van der Waals surface area contributed by atoms with Crippen LogP contribution in [0.2, 0.25) is 10.0 Å². The maximum Gasteiger partial charge on any atom is 0.264 e. The molecule has 0 aromatic heterocycles. The molecule has 3 aromatic carbocycles. The molecular weight excluding hydrogens is 509 g/mol. The average Bonchev–Trinajstić information content (AvgIpc) is 2.87. The molecular formula is C25H25Cl2N3O4S. The largest absolute Gasteiger partial charge is 0.378 e. The molecule has 0 spiro atoms. The van der Waals surface area contributed by atoms with Crippen molar-refractivity contribution < 1.29 is 17.9 Å². The third kappa shape index (κ3) is 6.46. The highest BCUT2D eigenvalue weighted by atomic mass is 35.5. The Bertz CT molecular complexity index is 1260. The normalized spacial score (nSPS) is 13.9. The lowest BCUT2D eigenvalue weighted by atomic mass is 10.2. The second-order valence-electron chi connectivity index (χ2n) is 7.99. The fourth-order valence-corrected chi connectivity index (χ4v) is 5.44. The molecule has 4 rings (SSSR count).